The Morgan fingerprint density at radius 3 is 1.08 bits per heavy atom. The van der Waals surface area contributed by atoms with Crippen LogP contribution in [-0.2, 0) is 0 Å². The van der Waals surface area contributed by atoms with Crippen molar-refractivity contribution in [3.05, 3.63) is 254 Å². The minimum absolute atomic E-state index is 0.665. The molecule has 0 spiro atoms. The number of benzene rings is 9. The molecule has 7 heteroatoms. The maximum absolute atomic E-state index is 6.42. The van der Waals surface area contributed by atoms with Gasteiger partial charge in [0, 0.05) is 84.2 Å². The summed E-state index contributed by atoms with van der Waals surface area (Å²) in [6.07, 6.45) is 7.81. The van der Waals surface area contributed by atoms with Crippen molar-refractivity contribution in [1.29, 1.82) is 0 Å². The van der Waals surface area contributed by atoms with Crippen molar-refractivity contribution in [2.45, 2.75) is 0 Å². The third kappa shape index (κ3) is 7.98. The van der Waals surface area contributed by atoms with E-state index in [-0.39, 0.29) is 0 Å². The average molecular weight is 1030 g/mol. The van der Waals surface area contributed by atoms with Crippen LogP contribution >= 0.6 is 15.9 Å². The summed E-state index contributed by atoms with van der Waals surface area (Å²) in [5, 5.41) is 4.34. The van der Waals surface area contributed by atoms with Gasteiger partial charge in [-0.25, -0.2) is 9.97 Å². The fourth-order valence-corrected chi connectivity index (χ4v) is 11.0. The third-order valence-electron chi connectivity index (χ3n) is 14.2. The first-order valence-corrected chi connectivity index (χ1v) is 25.6. The van der Waals surface area contributed by atoms with Crippen molar-refractivity contribution in [2.24, 2.45) is 0 Å². The van der Waals surface area contributed by atoms with Crippen LogP contribution in [-0.4, -0.2) is 19.9 Å². The maximum atomic E-state index is 6.42. The molecule has 14 rings (SSSR count). The SMILES string of the molecule is Brc1cccc(-c2ncc(-c3ccccc3-c3cc(-c4ccccc4-c4ccc(-c5cccc6c5oc5ccccc56)nc4)cc(-c4ccccc4-c4ccc(-c5cccc6c5oc5ccccc56)nc4)c3)cn2)c1. The molecule has 9 aromatic carbocycles. The first-order valence-electron chi connectivity index (χ1n) is 24.8. The largest absolute Gasteiger partial charge is 0.455 e. The molecule has 352 valence electrons. The number of nitrogens with zero attached hydrogens (tertiary/aromatic N) is 4. The van der Waals surface area contributed by atoms with E-state index in [0.29, 0.717) is 5.82 Å². The maximum Gasteiger partial charge on any atom is 0.159 e. The van der Waals surface area contributed by atoms with Crippen molar-refractivity contribution in [1.82, 2.24) is 19.9 Å². The van der Waals surface area contributed by atoms with Gasteiger partial charge in [0.2, 0.25) is 0 Å². The second-order valence-electron chi connectivity index (χ2n) is 18.7. The summed E-state index contributed by atoms with van der Waals surface area (Å²) in [4.78, 5) is 19.9. The Balaban J connectivity index is 0.890. The number of aromatic nitrogens is 4. The Labute approximate surface area is 440 Å². The number of rotatable bonds is 9. The van der Waals surface area contributed by atoms with Crippen LogP contribution in [0.5, 0.6) is 0 Å². The van der Waals surface area contributed by atoms with E-state index >= 15 is 0 Å². The quantitative estimate of drug-likeness (QED) is 0.143. The van der Waals surface area contributed by atoms with Gasteiger partial charge < -0.3 is 8.83 Å². The number of hydrogen-bond acceptors (Lipinski definition) is 6. The summed E-state index contributed by atoms with van der Waals surface area (Å²) in [6.45, 7) is 0. The van der Waals surface area contributed by atoms with Gasteiger partial charge >= 0.3 is 0 Å². The molecule has 0 bridgehead atoms. The Morgan fingerprint density at radius 1 is 0.267 bits per heavy atom. The minimum atomic E-state index is 0.665. The highest BCUT2D eigenvalue weighted by Crippen LogP contribution is 2.44. The molecule has 0 fully saturated rings. The van der Waals surface area contributed by atoms with E-state index in [9.17, 15) is 0 Å². The van der Waals surface area contributed by atoms with E-state index < -0.39 is 0 Å². The molecular formula is C68H41BrN4O2. The molecule has 0 atom stereocenters. The van der Waals surface area contributed by atoms with Crippen LogP contribution in [0, 0.1) is 0 Å². The highest BCUT2D eigenvalue weighted by molar-refractivity contribution is 9.10. The van der Waals surface area contributed by atoms with Gasteiger partial charge in [-0.3, -0.25) is 9.97 Å². The second kappa shape index (κ2) is 18.5. The van der Waals surface area contributed by atoms with E-state index in [1.165, 1.54) is 0 Å². The molecule has 0 radical (unpaired) electrons. The summed E-state index contributed by atoms with van der Waals surface area (Å²) in [7, 11) is 0. The standard InChI is InChI=1S/C68H41BrN4O2/c69-49-15-11-14-42(37-49)68-72-40-48(41-73-68)55-21-6-5-20-54(55)47-35-45(52-18-3-1-16-50(52)43-30-32-62(70-38-43)60-26-12-24-58-56-22-7-9-28-64(56)74-66(58)60)34-46(36-47)53-19-4-2-17-51(53)44-31-33-63(71-39-44)61-27-13-25-59-57-23-8-10-29-65(57)75-67(59)61/h1-41H. The van der Waals surface area contributed by atoms with E-state index in [1.807, 2.05) is 85.5 Å². The highest BCUT2D eigenvalue weighted by Gasteiger charge is 2.19. The Hall–Kier alpha value is -9.56. The molecule has 0 saturated heterocycles. The fourth-order valence-electron chi connectivity index (χ4n) is 10.6. The molecule has 6 nitrogen and oxygen atoms in total. The lowest BCUT2D eigenvalue weighted by atomic mass is 9.86. The number of hydrogen-bond donors (Lipinski definition) is 0. The molecule has 0 saturated carbocycles. The Kier molecular flexibility index (Phi) is 10.9. The summed E-state index contributed by atoms with van der Waals surface area (Å²) in [5.74, 6) is 0.665. The topological polar surface area (TPSA) is 77.8 Å². The zero-order chi connectivity index (χ0) is 49.8. The molecule has 14 aromatic rings. The summed E-state index contributed by atoms with van der Waals surface area (Å²) in [6, 6.07) is 78.1. The number of fused-ring (bicyclic) bond motifs is 6. The third-order valence-corrected chi connectivity index (χ3v) is 14.7. The van der Waals surface area contributed by atoms with Crippen LogP contribution in [0.25, 0.3) is 145 Å². The van der Waals surface area contributed by atoms with Gasteiger partial charge in [0.05, 0.1) is 11.4 Å². The summed E-state index contributed by atoms with van der Waals surface area (Å²) in [5.41, 5.74) is 20.5. The number of para-hydroxylation sites is 4. The van der Waals surface area contributed by atoms with Gasteiger partial charge in [0.25, 0.3) is 0 Å². The molecule has 0 unspecified atom stereocenters. The van der Waals surface area contributed by atoms with E-state index in [2.05, 4.69) is 180 Å². The van der Waals surface area contributed by atoms with Crippen molar-refractivity contribution in [3.63, 3.8) is 0 Å². The first kappa shape index (κ1) is 44.2. The smallest absolute Gasteiger partial charge is 0.159 e. The van der Waals surface area contributed by atoms with Crippen LogP contribution in [0.2, 0.25) is 0 Å². The predicted octanol–water partition coefficient (Wildman–Crippen LogP) is 18.8. The molecular weight excluding hydrogens is 985 g/mol. The molecule has 0 N–H and O–H groups in total. The van der Waals surface area contributed by atoms with Gasteiger partial charge in [-0.1, -0.05) is 174 Å². The van der Waals surface area contributed by atoms with E-state index in [1.54, 1.807) is 0 Å². The zero-order valence-electron chi connectivity index (χ0n) is 40.2. The predicted molar refractivity (Wildman–Crippen MR) is 309 cm³/mol. The lowest BCUT2D eigenvalue weighted by Crippen LogP contribution is -1.94. The van der Waals surface area contributed by atoms with E-state index in [0.717, 1.165) is 143 Å². The van der Waals surface area contributed by atoms with Gasteiger partial charge in [-0.05, 0) is 117 Å². The minimum Gasteiger partial charge on any atom is -0.455 e. The Morgan fingerprint density at radius 2 is 0.640 bits per heavy atom. The van der Waals surface area contributed by atoms with Crippen molar-refractivity contribution >= 4 is 59.8 Å². The first-order chi connectivity index (χ1) is 37.1. The second-order valence-corrected chi connectivity index (χ2v) is 19.6. The van der Waals surface area contributed by atoms with Crippen LogP contribution in [0.1, 0.15) is 0 Å². The van der Waals surface area contributed by atoms with Gasteiger partial charge in [0.15, 0.2) is 5.82 Å². The Bertz CT molecular complexity index is 4260. The molecule has 5 heterocycles. The molecule has 5 aromatic heterocycles. The van der Waals surface area contributed by atoms with Crippen LogP contribution < -0.4 is 0 Å². The van der Waals surface area contributed by atoms with Crippen molar-refractivity contribution in [2.75, 3.05) is 0 Å². The van der Waals surface area contributed by atoms with Crippen LogP contribution in [0.15, 0.2) is 263 Å². The lowest BCUT2D eigenvalue weighted by molar-refractivity contribution is 0.669. The normalized spacial score (nSPS) is 11.5. The fraction of sp³-hybridized carbons (Fsp3) is 0. The van der Waals surface area contributed by atoms with Gasteiger partial charge in [0.1, 0.15) is 22.3 Å². The molecule has 0 aliphatic carbocycles. The van der Waals surface area contributed by atoms with Crippen LogP contribution in [0.3, 0.4) is 0 Å². The molecule has 0 amide bonds. The number of furan rings is 2. The van der Waals surface area contributed by atoms with Crippen molar-refractivity contribution < 1.29 is 8.83 Å². The number of halogens is 1. The molecule has 0 aliphatic heterocycles. The zero-order valence-corrected chi connectivity index (χ0v) is 41.7. The summed E-state index contributed by atoms with van der Waals surface area (Å²) >= 11 is 3.61. The average Bonchev–Trinajstić information content (AvgIpc) is 4.07. The van der Waals surface area contributed by atoms with Crippen LogP contribution in [0.4, 0.5) is 0 Å². The van der Waals surface area contributed by atoms with E-state index in [4.69, 9.17) is 28.8 Å². The monoisotopic (exact) mass is 1020 g/mol. The molecule has 75 heavy (non-hydrogen) atoms. The number of pyridine rings is 2. The van der Waals surface area contributed by atoms with Gasteiger partial charge in [-0.15, -0.1) is 0 Å². The lowest BCUT2D eigenvalue weighted by Gasteiger charge is -2.18. The highest BCUT2D eigenvalue weighted by atomic mass is 79.9. The van der Waals surface area contributed by atoms with Crippen molar-refractivity contribution in [3.8, 4) is 101 Å². The van der Waals surface area contributed by atoms with Gasteiger partial charge in [-0.2, -0.15) is 0 Å². The summed E-state index contributed by atoms with van der Waals surface area (Å²) < 4.78 is 13.8. The molecule has 0 aliphatic rings.